The fourth-order valence-corrected chi connectivity index (χ4v) is 2.66. The quantitative estimate of drug-likeness (QED) is 0.482. The Balaban J connectivity index is 1.98. The SMILES string of the molecule is COc1ccc(C(=O)COC(=O)[C@@H](NC(=O)Nc2ccccc2)C(C)C)c(OC)c1. The van der Waals surface area contributed by atoms with Gasteiger partial charge in [0.15, 0.2) is 6.61 Å². The van der Waals surface area contributed by atoms with Crippen molar-refractivity contribution in [2.45, 2.75) is 19.9 Å². The molecule has 0 aromatic heterocycles. The molecular formula is C22H26N2O6. The molecule has 2 aromatic carbocycles. The second-order valence-corrected chi connectivity index (χ2v) is 6.78. The number of benzene rings is 2. The monoisotopic (exact) mass is 414 g/mol. The zero-order chi connectivity index (χ0) is 22.1. The first-order valence-corrected chi connectivity index (χ1v) is 9.40. The van der Waals surface area contributed by atoms with Crippen molar-refractivity contribution in [2.24, 2.45) is 5.92 Å². The number of rotatable bonds is 9. The number of esters is 1. The molecule has 8 nitrogen and oxygen atoms in total. The van der Waals surface area contributed by atoms with E-state index < -0.39 is 30.4 Å². The summed E-state index contributed by atoms with van der Waals surface area (Å²) in [6.45, 7) is 3.05. The van der Waals surface area contributed by atoms with Gasteiger partial charge in [-0.2, -0.15) is 0 Å². The summed E-state index contributed by atoms with van der Waals surface area (Å²) in [4.78, 5) is 37.2. The molecule has 2 rings (SSSR count). The lowest BCUT2D eigenvalue weighted by Gasteiger charge is -2.21. The number of methoxy groups -OCH3 is 2. The minimum Gasteiger partial charge on any atom is -0.497 e. The van der Waals surface area contributed by atoms with E-state index in [9.17, 15) is 14.4 Å². The van der Waals surface area contributed by atoms with E-state index in [4.69, 9.17) is 14.2 Å². The maximum absolute atomic E-state index is 12.5. The van der Waals surface area contributed by atoms with Crippen LogP contribution in [0.25, 0.3) is 0 Å². The van der Waals surface area contributed by atoms with Gasteiger partial charge < -0.3 is 24.8 Å². The van der Waals surface area contributed by atoms with Gasteiger partial charge in [-0.1, -0.05) is 32.0 Å². The Morgan fingerprint density at radius 2 is 1.67 bits per heavy atom. The molecule has 2 N–H and O–H groups in total. The minimum atomic E-state index is -0.917. The lowest BCUT2D eigenvalue weighted by atomic mass is 10.0. The zero-order valence-electron chi connectivity index (χ0n) is 17.4. The predicted octanol–water partition coefficient (Wildman–Crippen LogP) is 3.28. The van der Waals surface area contributed by atoms with E-state index in [0.29, 0.717) is 17.2 Å². The molecule has 0 unspecified atom stereocenters. The van der Waals surface area contributed by atoms with E-state index >= 15 is 0 Å². The number of hydrogen-bond donors (Lipinski definition) is 2. The standard InChI is InChI=1S/C22H26N2O6/c1-14(2)20(24-22(27)23-15-8-6-5-7-9-15)21(26)30-13-18(25)17-11-10-16(28-3)12-19(17)29-4/h5-12,14,20H,13H2,1-4H3,(H2,23,24,27)/t20-/m0/s1. The summed E-state index contributed by atoms with van der Waals surface area (Å²) in [5.41, 5.74) is 0.856. The van der Waals surface area contributed by atoms with Crippen LogP contribution in [-0.4, -0.2) is 44.7 Å². The third-order valence-corrected chi connectivity index (χ3v) is 4.29. The number of nitrogens with one attached hydrogen (secondary N) is 2. The van der Waals surface area contributed by atoms with Gasteiger partial charge in [-0.3, -0.25) is 4.79 Å². The highest BCUT2D eigenvalue weighted by molar-refractivity contribution is 6.01. The second-order valence-electron chi connectivity index (χ2n) is 6.78. The molecule has 8 heteroatoms. The first-order valence-electron chi connectivity index (χ1n) is 9.40. The topological polar surface area (TPSA) is 103 Å². The lowest BCUT2D eigenvalue weighted by molar-refractivity contribution is -0.145. The van der Waals surface area contributed by atoms with Gasteiger partial charge in [0.1, 0.15) is 17.5 Å². The summed E-state index contributed by atoms with van der Waals surface area (Å²) in [7, 11) is 2.94. The first kappa shape index (κ1) is 22.7. The van der Waals surface area contributed by atoms with Crippen LogP contribution in [0.15, 0.2) is 48.5 Å². The average molecular weight is 414 g/mol. The molecule has 2 aromatic rings. The summed E-state index contributed by atoms with van der Waals surface area (Å²) < 4.78 is 15.5. The van der Waals surface area contributed by atoms with Crippen LogP contribution in [0.5, 0.6) is 11.5 Å². The average Bonchev–Trinajstić information content (AvgIpc) is 2.75. The zero-order valence-corrected chi connectivity index (χ0v) is 17.4. The van der Waals surface area contributed by atoms with E-state index in [2.05, 4.69) is 10.6 Å². The smallest absolute Gasteiger partial charge is 0.329 e. The van der Waals surface area contributed by atoms with Gasteiger partial charge >= 0.3 is 12.0 Å². The Hall–Kier alpha value is -3.55. The Kier molecular flexibility index (Phi) is 8.22. The van der Waals surface area contributed by atoms with E-state index in [-0.39, 0.29) is 11.5 Å². The predicted molar refractivity (Wildman–Crippen MR) is 112 cm³/mol. The number of ketones is 1. The van der Waals surface area contributed by atoms with Crippen molar-refractivity contribution >= 4 is 23.5 Å². The fraction of sp³-hybridized carbons (Fsp3) is 0.318. The van der Waals surface area contributed by atoms with Crippen LogP contribution >= 0.6 is 0 Å². The molecular weight excluding hydrogens is 388 g/mol. The number of urea groups is 1. The summed E-state index contributed by atoms with van der Waals surface area (Å²) in [5.74, 6) is -0.525. The van der Waals surface area contributed by atoms with E-state index in [1.165, 1.54) is 14.2 Å². The highest BCUT2D eigenvalue weighted by Crippen LogP contribution is 2.25. The maximum atomic E-state index is 12.5. The summed E-state index contributed by atoms with van der Waals surface area (Å²) >= 11 is 0. The molecule has 0 saturated carbocycles. The van der Waals surface area contributed by atoms with Gasteiger partial charge in [0.05, 0.1) is 19.8 Å². The van der Waals surface area contributed by atoms with Crippen LogP contribution in [0.4, 0.5) is 10.5 Å². The van der Waals surface area contributed by atoms with Crippen LogP contribution in [0, 0.1) is 5.92 Å². The second kappa shape index (κ2) is 10.8. The minimum absolute atomic E-state index is 0.246. The van der Waals surface area contributed by atoms with Crippen molar-refractivity contribution in [3.05, 3.63) is 54.1 Å². The number of Topliss-reactive ketones (excluding diaryl/α,β-unsaturated/α-hetero) is 1. The van der Waals surface area contributed by atoms with Gasteiger partial charge in [0.2, 0.25) is 5.78 Å². The number of ether oxygens (including phenoxy) is 3. The maximum Gasteiger partial charge on any atom is 0.329 e. The molecule has 0 spiro atoms. The Morgan fingerprint density at radius 3 is 2.27 bits per heavy atom. The Labute approximate surface area is 175 Å². The molecule has 0 radical (unpaired) electrons. The van der Waals surface area contributed by atoms with Gasteiger partial charge in [0, 0.05) is 11.8 Å². The lowest BCUT2D eigenvalue weighted by Crippen LogP contribution is -2.47. The number of carbonyl (C=O) groups is 3. The van der Waals surface area contributed by atoms with Crippen molar-refractivity contribution in [1.82, 2.24) is 5.32 Å². The van der Waals surface area contributed by atoms with Crippen molar-refractivity contribution in [3.63, 3.8) is 0 Å². The number of para-hydroxylation sites is 1. The summed E-state index contributed by atoms with van der Waals surface area (Å²) in [6, 6.07) is 12.1. The molecule has 160 valence electrons. The van der Waals surface area contributed by atoms with E-state index in [1.54, 1.807) is 56.3 Å². The van der Waals surface area contributed by atoms with Crippen LogP contribution < -0.4 is 20.1 Å². The van der Waals surface area contributed by atoms with Crippen molar-refractivity contribution in [1.29, 1.82) is 0 Å². The third-order valence-electron chi connectivity index (χ3n) is 4.29. The summed E-state index contributed by atoms with van der Waals surface area (Å²) in [5, 5.41) is 5.23. The molecule has 0 aliphatic carbocycles. The largest absolute Gasteiger partial charge is 0.497 e. The van der Waals surface area contributed by atoms with Crippen LogP contribution in [0.3, 0.4) is 0 Å². The molecule has 2 amide bonds. The van der Waals surface area contributed by atoms with Crippen molar-refractivity contribution in [3.8, 4) is 11.5 Å². The van der Waals surface area contributed by atoms with E-state index in [1.807, 2.05) is 6.07 Å². The van der Waals surface area contributed by atoms with Crippen LogP contribution in [0.2, 0.25) is 0 Å². The Morgan fingerprint density at radius 1 is 0.967 bits per heavy atom. The number of carbonyl (C=O) groups excluding carboxylic acids is 3. The van der Waals surface area contributed by atoms with Gasteiger partial charge in [0.25, 0.3) is 0 Å². The molecule has 1 atom stereocenters. The Bertz CT molecular complexity index is 882. The normalized spacial score (nSPS) is 11.4. The van der Waals surface area contributed by atoms with Gasteiger partial charge in [-0.25, -0.2) is 9.59 Å². The molecule has 0 heterocycles. The molecule has 0 aliphatic heterocycles. The number of hydrogen-bond acceptors (Lipinski definition) is 6. The van der Waals surface area contributed by atoms with Crippen LogP contribution in [-0.2, 0) is 9.53 Å². The fourth-order valence-electron chi connectivity index (χ4n) is 2.66. The number of amides is 2. The van der Waals surface area contributed by atoms with Crippen LogP contribution in [0.1, 0.15) is 24.2 Å². The third kappa shape index (κ3) is 6.23. The van der Waals surface area contributed by atoms with Crippen molar-refractivity contribution < 1.29 is 28.6 Å². The first-order chi connectivity index (χ1) is 14.3. The van der Waals surface area contributed by atoms with Gasteiger partial charge in [-0.15, -0.1) is 0 Å². The number of anilines is 1. The molecule has 0 fully saturated rings. The molecule has 0 aliphatic rings. The summed E-state index contributed by atoms with van der Waals surface area (Å²) in [6.07, 6.45) is 0. The van der Waals surface area contributed by atoms with E-state index in [0.717, 1.165) is 0 Å². The molecule has 0 bridgehead atoms. The highest BCUT2D eigenvalue weighted by Gasteiger charge is 2.27. The van der Waals surface area contributed by atoms with Crippen molar-refractivity contribution in [2.75, 3.05) is 26.1 Å². The molecule has 0 saturated heterocycles. The molecule has 30 heavy (non-hydrogen) atoms. The van der Waals surface area contributed by atoms with Gasteiger partial charge in [-0.05, 0) is 30.2 Å². The highest BCUT2D eigenvalue weighted by atomic mass is 16.5.